The van der Waals surface area contributed by atoms with Crippen LogP contribution in [0.25, 0.3) is 6.08 Å². The number of para-hydroxylation sites is 1. The van der Waals surface area contributed by atoms with Crippen LogP contribution in [0.1, 0.15) is 5.56 Å². The molecule has 3 rings (SSSR count). The third-order valence-corrected chi connectivity index (χ3v) is 4.70. The summed E-state index contributed by atoms with van der Waals surface area (Å²) in [6.45, 7) is 0. The third-order valence-electron chi connectivity index (χ3n) is 3.38. The van der Waals surface area contributed by atoms with Gasteiger partial charge in [0.2, 0.25) is 5.75 Å². The van der Waals surface area contributed by atoms with Gasteiger partial charge < -0.3 is 5.11 Å². The Labute approximate surface area is 154 Å². The van der Waals surface area contributed by atoms with Crippen molar-refractivity contribution >= 4 is 56.3 Å². The number of aromatic hydroxyl groups is 1. The van der Waals surface area contributed by atoms with Gasteiger partial charge >= 0.3 is 5.69 Å². The maximum absolute atomic E-state index is 12.5. The van der Waals surface area contributed by atoms with E-state index in [4.69, 9.17) is 0 Å². The first kappa shape index (κ1) is 17.2. The Hall–Kier alpha value is -2.65. The molecule has 2 aromatic rings. The van der Waals surface area contributed by atoms with Crippen molar-refractivity contribution in [3.05, 3.63) is 67.5 Å². The molecule has 1 N–H and O–H groups in total. The highest BCUT2D eigenvalue weighted by atomic mass is 79.9. The number of benzene rings is 2. The van der Waals surface area contributed by atoms with Crippen molar-refractivity contribution < 1.29 is 19.6 Å². The highest BCUT2D eigenvalue weighted by molar-refractivity contribution is 9.10. The van der Waals surface area contributed by atoms with Gasteiger partial charge in [-0.2, -0.15) is 0 Å². The number of nitro groups is 1. The Morgan fingerprint density at radius 3 is 2.52 bits per heavy atom. The Morgan fingerprint density at radius 2 is 1.88 bits per heavy atom. The number of rotatable bonds is 3. The molecule has 0 spiro atoms. The van der Waals surface area contributed by atoms with Crippen molar-refractivity contribution in [1.29, 1.82) is 0 Å². The average molecular weight is 421 g/mol. The standard InChI is InChI=1S/C16H9BrN2O5S/c17-10-6-9(14(20)12(8-10)19(23)24)7-13-15(21)18(16(22)25-13)11-4-2-1-3-5-11/h1-8,20H. The van der Waals surface area contributed by atoms with Gasteiger partial charge in [0.15, 0.2) is 0 Å². The summed E-state index contributed by atoms with van der Waals surface area (Å²) in [7, 11) is 0. The molecule has 9 heteroatoms. The molecule has 1 aliphatic rings. The number of phenols is 1. The molecule has 1 fully saturated rings. The number of hydrogen-bond acceptors (Lipinski definition) is 6. The predicted molar refractivity (Wildman–Crippen MR) is 97.4 cm³/mol. The van der Waals surface area contributed by atoms with Gasteiger partial charge in [-0.25, -0.2) is 4.90 Å². The van der Waals surface area contributed by atoms with E-state index in [0.717, 1.165) is 11.0 Å². The maximum Gasteiger partial charge on any atom is 0.312 e. The monoisotopic (exact) mass is 420 g/mol. The Bertz CT molecular complexity index is 930. The minimum Gasteiger partial charge on any atom is -0.502 e. The lowest BCUT2D eigenvalue weighted by molar-refractivity contribution is -0.385. The van der Waals surface area contributed by atoms with Crippen molar-refractivity contribution in [2.45, 2.75) is 0 Å². The number of carbonyl (C=O) groups is 2. The Balaban J connectivity index is 2.02. The first-order valence-corrected chi connectivity index (χ1v) is 8.49. The Morgan fingerprint density at radius 1 is 1.20 bits per heavy atom. The number of phenolic OH excluding ortho intramolecular Hbond substituents is 1. The lowest BCUT2D eigenvalue weighted by Gasteiger charge is -2.11. The molecule has 1 heterocycles. The van der Waals surface area contributed by atoms with Gasteiger partial charge in [0, 0.05) is 16.1 Å². The number of nitrogens with zero attached hydrogens (tertiary/aromatic N) is 2. The van der Waals surface area contributed by atoms with E-state index in [1.807, 2.05) is 0 Å². The fourth-order valence-corrected chi connectivity index (χ4v) is 3.56. The summed E-state index contributed by atoms with van der Waals surface area (Å²) in [6.07, 6.45) is 1.26. The van der Waals surface area contributed by atoms with Crippen molar-refractivity contribution in [1.82, 2.24) is 0 Å². The number of halogens is 1. The number of thioether (sulfide) groups is 1. The summed E-state index contributed by atoms with van der Waals surface area (Å²) in [6, 6.07) is 11.0. The van der Waals surface area contributed by atoms with Gasteiger partial charge in [0.05, 0.1) is 15.5 Å². The van der Waals surface area contributed by atoms with Crippen LogP contribution < -0.4 is 4.90 Å². The summed E-state index contributed by atoms with van der Waals surface area (Å²) in [4.78, 5) is 36.0. The molecule has 0 unspecified atom stereocenters. The van der Waals surface area contributed by atoms with E-state index in [0.29, 0.717) is 21.9 Å². The quantitative estimate of drug-likeness (QED) is 0.451. The van der Waals surface area contributed by atoms with Crippen LogP contribution in [0.15, 0.2) is 51.8 Å². The number of nitro benzene ring substituents is 1. The molecule has 0 atom stereocenters. The van der Waals surface area contributed by atoms with Crippen LogP contribution in [0.2, 0.25) is 0 Å². The molecule has 0 radical (unpaired) electrons. The summed E-state index contributed by atoms with van der Waals surface area (Å²) < 4.78 is 0.366. The van der Waals surface area contributed by atoms with E-state index in [-0.39, 0.29) is 10.5 Å². The van der Waals surface area contributed by atoms with Crippen LogP contribution in [0.5, 0.6) is 5.75 Å². The zero-order valence-electron chi connectivity index (χ0n) is 12.4. The van der Waals surface area contributed by atoms with Crippen molar-refractivity contribution in [2.24, 2.45) is 0 Å². The molecular formula is C16H9BrN2O5S. The molecule has 2 amide bonds. The van der Waals surface area contributed by atoms with Gasteiger partial charge in [-0.3, -0.25) is 19.7 Å². The number of imide groups is 1. The smallest absolute Gasteiger partial charge is 0.312 e. The predicted octanol–water partition coefficient (Wildman–Crippen LogP) is 4.30. The molecule has 25 heavy (non-hydrogen) atoms. The molecule has 1 aliphatic heterocycles. The topological polar surface area (TPSA) is 101 Å². The van der Waals surface area contributed by atoms with Crippen molar-refractivity contribution in [3.8, 4) is 5.75 Å². The zero-order chi connectivity index (χ0) is 18.1. The first-order chi connectivity index (χ1) is 11.9. The van der Waals surface area contributed by atoms with Gasteiger partial charge in [-0.1, -0.05) is 34.1 Å². The van der Waals surface area contributed by atoms with E-state index >= 15 is 0 Å². The second kappa shape index (κ2) is 6.69. The number of anilines is 1. The van der Waals surface area contributed by atoms with E-state index in [1.54, 1.807) is 30.3 Å². The minimum atomic E-state index is -0.729. The molecule has 2 aromatic carbocycles. The van der Waals surface area contributed by atoms with Gasteiger partial charge in [0.1, 0.15) is 0 Å². The van der Waals surface area contributed by atoms with Crippen LogP contribution in [0, 0.1) is 10.1 Å². The van der Waals surface area contributed by atoms with Crippen molar-refractivity contribution in [3.63, 3.8) is 0 Å². The third kappa shape index (κ3) is 3.28. The molecule has 0 bridgehead atoms. The van der Waals surface area contributed by atoms with E-state index < -0.39 is 27.5 Å². The van der Waals surface area contributed by atoms with Crippen LogP contribution >= 0.6 is 27.7 Å². The van der Waals surface area contributed by atoms with Gasteiger partial charge in [-0.05, 0) is 36.0 Å². The van der Waals surface area contributed by atoms with Crippen LogP contribution in [0.3, 0.4) is 0 Å². The normalized spacial score (nSPS) is 15.9. The molecule has 7 nitrogen and oxygen atoms in total. The van der Waals surface area contributed by atoms with Crippen LogP contribution in [-0.4, -0.2) is 21.2 Å². The fourth-order valence-electron chi connectivity index (χ4n) is 2.26. The average Bonchev–Trinajstić information content (AvgIpc) is 2.85. The van der Waals surface area contributed by atoms with Crippen LogP contribution in [0.4, 0.5) is 16.2 Å². The van der Waals surface area contributed by atoms with E-state index in [2.05, 4.69) is 15.9 Å². The highest BCUT2D eigenvalue weighted by Gasteiger charge is 2.36. The molecule has 1 saturated heterocycles. The second-order valence-electron chi connectivity index (χ2n) is 4.97. The summed E-state index contributed by atoms with van der Waals surface area (Å²) in [5.74, 6) is -1.12. The summed E-state index contributed by atoms with van der Waals surface area (Å²) >= 11 is 3.83. The Kier molecular flexibility index (Phi) is 4.60. The maximum atomic E-state index is 12.5. The molecule has 126 valence electrons. The molecule has 0 saturated carbocycles. The largest absolute Gasteiger partial charge is 0.502 e. The number of carbonyl (C=O) groups excluding carboxylic acids is 2. The highest BCUT2D eigenvalue weighted by Crippen LogP contribution is 2.39. The molecule has 0 aliphatic carbocycles. The molecule has 0 aromatic heterocycles. The van der Waals surface area contributed by atoms with Gasteiger partial charge in [-0.15, -0.1) is 0 Å². The second-order valence-corrected chi connectivity index (χ2v) is 6.88. The lowest BCUT2D eigenvalue weighted by Crippen LogP contribution is -2.27. The SMILES string of the molecule is O=C1SC(=Cc2cc(Br)cc([N+](=O)[O-])c2O)C(=O)N1c1ccccc1. The summed E-state index contributed by atoms with van der Waals surface area (Å²) in [5, 5.41) is 20.6. The van der Waals surface area contributed by atoms with Crippen LogP contribution in [-0.2, 0) is 4.79 Å². The van der Waals surface area contributed by atoms with E-state index in [9.17, 15) is 24.8 Å². The van der Waals surface area contributed by atoms with E-state index in [1.165, 1.54) is 12.1 Å². The first-order valence-electron chi connectivity index (χ1n) is 6.88. The summed E-state index contributed by atoms with van der Waals surface area (Å²) in [5.41, 5.74) is 0.000365. The number of amides is 2. The number of hydrogen-bond donors (Lipinski definition) is 1. The fraction of sp³-hybridized carbons (Fsp3) is 0. The van der Waals surface area contributed by atoms with Gasteiger partial charge in [0.25, 0.3) is 11.1 Å². The molecular weight excluding hydrogens is 412 g/mol. The minimum absolute atomic E-state index is 0.0663. The zero-order valence-corrected chi connectivity index (χ0v) is 14.8. The lowest BCUT2D eigenvalue weighted by atomic mass is 10.1. The van der Waals surface area contributed by atoms with Crippen molar-refractivity contribution in [2.75, 3.05) is 4.90 Å².